The van der Waals surface area contributed by atoms with E-state index in [4.69, 9.17) is 10.5 Å². The van der Waals surface area contributed by atoms with E-state index in [1.807, 2.05) is 4.90 Å². The van der Waals surface area contributed by atoms with Crippen LogP contribution >= 0.6 is 24.0 Å². The van der Waals surface area contributed by atoms with Crippen LogP contribution in [0.25, 0.3) is 0 Å². The quantitative estimate of drug-likeness (QED) is 0.338. The van der Waals surface area contributed by atoms with Gasteiger partial charge in [0.2, 0.25) is 0 Å². The zero-order valence-electron chi connectivity index (χ0n) is 9.78. The van der Waals surface area contributed by atoms with Gasteiger partial charge in [0, 0.05) is 13.1 Å². The van der Waals surface area contributed by atoms with Crippen molar-refractivity contribution in [3.8, 4) is 0 Å². The fourth-order valence-electron chi connectivity index (χ4n) is 1.31. The minimum absolute atomic E-state index is 0. The van der Waals surface area contributed by atoms with E-state index in [0.29, 0.717) is 32.3 Å². The summed E-state index contributed by atoms with van der Waals surface area (Å²) in [4.78, 5) is 5.77. The molecule has 0 bridgehead atoms. The van der Waals surface area contributed by atoms with Crippen molar-refractivity contribution < 1.29 is 22.6 Å². The van der Waals surface area contributed by atoms with Crippen LogP contribution in [0.5, 0.6) is 0 Å². The van der Waals surface area contributed by atoms with Crippen molar-refractivity contribution in [3.63, 3.8) is 0 Å². The zero-order chi connectivity index (χ0) is 12.7. The molecule has 2 N–H and O–H groups in total. The van der Waals surface area contributed by atoms with Crippen LogP contribution in [0.2, 0.25) is 0 Å². The fourth-order valence-corrected chi connectivity index (χ4v) is 1.31. The Balaban J connectivity index is 0.00000289. The normalized spacial score (nSPS) is 17.5. The second-order valence-corrected chi connectivity index (χ2v) is 3.51. The van der Waals surface area contributed by atoms with Crippen LogP contribution in [0.3, 0.4) is 0 Å². The minimum Gasteiger partial charge on any atom is -0.378 e. The van der Waals surface area contributed by atoms with Crippen LogP contribution in [0.4, 0.5) is 13.2 Å². The van der Waals surface area contributed by atoms with E-state index in [1.54, 1.807) is 0 Å². The molecule has 0 atom stereocenters. The predicted molar refractivity (Wildman–Crippen MR) is 71.2 cm³/mol. The Morgan fingerprint density at radius 1 is 1.33 bits per heavy atom. The first-order valence-electron chi connectivity index (χ1n) is 5.26. The average Bonchev–Trinajstić information content (AvgIpc) is 2.28. The number of alkyl halides is 3. The number of guanidine groups is 1. The average molecular weight is 383 g/mol. The number of hydrogen-bond donors (Lipinski definition) is 1. The molecule has 0 unspecified atom stereocenters. The lowest BCUT2D eigenvalue weighted by atomic mass is 10.4. The standard InChI is InChI=1S/C9H16F3N3O2.HI/c10-9(11,12)7-17-4-1-14-8(13)15-2-5-16-6-3-15;/h1-7H2,(H2,13,14);1H. The number of morpholine rings is 1. The molecule has 1 saturated heterocycles. The van der Waals surface area contributed by atoms with E-state index < -0.39 is 12.8 Å². The molecule has 1 aliphatic heterocycles. The summed E-state index contributed by atoms with van der Waals surface area (Å²) in [6.07, 6.45) is -4.29. The first-order valence-corrected chi connectivity index (χ1v) is 5.26. The molecule has 0 aromatic heterocycles. The van der Waals surface area contributed by atoms with Gasteiger partial charge in [-0.25, -0.2) is 0 Å². The second kappa shape index (κ2) is 8.75. The summed E-state index contributed by atoms with van der Waals surface area (Å²) in [7, 11) is 0. The van der Waals surface area contributed by atoms with Crippen LogP contribution < -0.4 is 5.73 Å². The number of nitrogens with two attached hydrogens (primary N) is 1. The van der Waals surface area contributed by atoms with Crippen LogP contribution in [0.1, 0.15) is 0 Å². The van der Waals surface area contributed by atoms with Gasteiger partial charge in [-0.1, -0.05) is 0 Å². The Kier molecular flexibility index (Phi) is 8.61. The molecule has 0 saturated carbocycles. The van der Waals surface area contributed by atoms with Gasteiger partial charge < -0.3 is 20.1 Å². The molecule has 0 aromatic rings. The van der Waals surface area contributed by atoms with Gasteiger partial charge in [-0.15, -0.1) is 24.0 Å². The van der Waals surface area contributed by atoms with Gasteiger partial charge in [-0.05, 0) is 0 Å². The third-order valence-electron chi connectivity index (χ3n) is 2.11. The number of ether oxygens (including phenoxy) is 2. The van der Waals surface area contributed by atoms with Gasteiger partial charge in [-0.2, -0.15) is 13.2 Å². The number of rotatable bonds is 4. The Bertz CT molecular complexity index is 258. The zero-order valence-corrected chi connectivity index (χ0v) is 12.1. The van der Waals surface area contributed by atoms with Crippen molar-refractivity contribution in [3.05, 3.63) is 0 Å². The molecule has 18 heavy (non-hydrogen) atoms. The Labute approximate surface area is 121 Å². The molecular formula is C9H17F3IN3O2. The molecule has 1 heterocycles. The second-order valence-electron chi connectivity index (χ2n) is 3.51. The Hall–Kier alpha value is -0.290. The predicted octanol–water partition coefficient (Wildman–Crippen LogP) is 0.830. The van der Waals surface area contributed by atoms with E-state index in [1.165, 1.54) is 0 Å². The van der Waals surface area contributed by atoms with Crippen molar-refractivity contribution in [2.75, 3.05) is 46.1 Å². The highest BCUT2D eigenvalue weighted by Gasteiger charge is 2.27. The maximum absolute atomic E-state index is 11.7. The van der Waals surface area contributed by atoms with Crippen LogP contribution in [0, 0.1) is 0 Å². The smallest absolute Gasteiger partial charge is 0.378 e. The molecule has 0 amide bonds. The summed E-state index contributed by atoms with van der Waals surface area (Å²) in [5.41, 5.74) is 5.66. The van der Waals surface area contributed by atoms with E-state index in [0.717, 1.165) is 0 Å². The van der Waals surface area contributed by atoms with E-state index in [9.17, 15) is 13.2 Å². The van der Waals surface area contributed by atoms with E-state index in [-0.39, 0.29) is 37.1 Å². The molecule has 1 aliphatic rings. The van der Waals surface area contributed by atoms with E-state index in [2.05, 4.69) is 9.73 Å². The first-order chi connectivity index (χ1) is 7.99. The van der Waals surface area contributed by atoms with Crippen LogP contribution in [-0.2, 0) is 9.47 Å². The molecule has 0 spiro atoms. The minimum atomic E-state index is -4.29. The highest BCUT2D eigenvalue weighted by atomic mass is 127. The molecular weight excluding hydrogens is 366 g/mol. The number of halogens is 4. The number of aliphatic imine (C=N–C) groups is 1. The van der Waals surface area contributed by atoms with Gasteiger partial charge in [0.15, 0.2) is 5.96 Å². The lowest BCUT2D eigenvalue weighted by molar-refractivity contribution is -0.173. The largest absolute Gasteiger partial charge is 0.411 e. The highest BCUT2D eigenvalue weighted by molar-refractivity contribution is 14.0. The summed E-state index contributed by atoms with van der Waals surface area (Å²) in [5, 5.41) is 0. The van der Waals surface area contributed by atoms with Gasteiger partial charge in [-0.3, -0.25) is 4.99 Å². The van der Waals surface area contributed by atoms with E-state index >= 15 is 0 Å². The lowest BCUT2D eigenvalue weighted by Gasteiger charge is -2.27. The monoisotopic (exact) mass is 383 g/mol. The summed E-state index contributed by atoms with van der Waals surface area (Å²) in [5.74, 6) is 0.323. The van der Waals surface area contributed by atoms with Crippen molar-refractivity contribution >= 4 is 29.9 Å². The molecule has 0 aliphatic carbocycles. The van der Waals surface area contributed by atoms with Crippen molar-refractivity contribution in [1.29, 1.82) is 0 Å². The molecule has 1 fully saturated rings. The SMILES string of the molecule is I.NC(=NCCOCC(F)(F)F)N1CCOCC1. The lowest BCUT2D eigenvalue weighted by Crippen LogP contribution is -2.45. The van der Waals surface area contributed by atoms with Crippen LogP contribution in [-0.4, -0.2) is 63.1 Å². The maximum Gasteiger partial charge on any atom is 0.411 e. The number of hydrogen-bond acceptors (Lipinski definition) is 3. The molecule has 1 rings (SSSR count). The molecule has 5 nitrogen and oxygen atoms in total. The molecule has 9 heteroatoms. The third kappa shape index (κ3) is 7.93. The fraction of sp³-hybridized carbons (Fsp3) is 0.889. The summed E-state index contributed by atoms with van der Waals surface area (Å²) >= 11 is 0. The third-order valence-corrected chi connectivity index (χ3v) is 2.11. The first kappa shape index (κ1) is 17.7. The maximum atomic E-state index is 11.7. The molecule has 0 aromatic carbocycles. The molecule has 108 valence electrons. The van der Waals surface area contributed by atoms with Gasteiger partial charge in [0.25, 0.3) is 0 Å². The van der Waals surface area contributed by atoms with Gasteiger partial charge in [0.05, 0.1) is 26.4 Å². The highest BCUT2D eigenvalue weighted by Crippen LogP contribution is 2.14. The van der Waals surface area contributed by atoms with Crippen molar-refractivity contribution in [2.24, 2.45) is 10.7 Å². The summed E-state index contributed by atoms with van der Waals surface area (Å²) < 4.78 is 44.7. The van der Waals surface area contributed by atoms with Crippen molar-refractivity contribution in [2.45, 2.75) is 6.18 Å². The van der Waals surface area contributed by atoms with Crippen molar-refractivity contribution in [1.82, 2.24) is 4.90 Å². The number of nitrogens with zero attached hydrogens (tertiary/aromatic N) is 2. The van der Waals surface area contributed by atoms with Crippen LogP contribution in [0.15, 0.2) is 4.99 Å². The molecule has 0 radical (unpaired) electrons. The Morgan fingerprint density at radius 2 is 1.94 bits per heavy atom. The van der Waals surface area contributed by atoms with Gasteiger partial charge >= 0.3 is 6.18 Å². The summed E-state index contributed by atoms with van der Waals surface area (Å²) in [6.45, 7) is 1.25. The van der Waals surface area contributed by atoms with Gasteiger partial charge in [0.1, 0.15) is 6.61 Å². The topological polar surface area (TPSA) is 60.1 Å². The Morgan fingerprint density at radius 3 is 2.50 bits per heavy atom. The summed E-state index contributed by atoms with van der Waals surface area (Å²) in [6, 6.07) is 0.